The number of carbonyl (C=O) groups excluding carboxylic acids is 2. The first-order valence-corrected chi connectivity index (χ1v) is 6.10. The van der Waals surface area contributed by atoms with Crippen LogP contribution in [0, 0.1) is 6.92 Å². The van der Waals surface area contributed by atoms with Crippen LogP contribution >= 0.6 is 15.9 Å². The normalized spacial score (nSPS) is 10.2. The monoisotopic (exact) mass is 327 g/mol. The molecule has 0 aliphatic heterocycles. The molecule has 2 rings (SSSR count). The maximum absolute atomic E-state index is 11.5. The highest BCUT2D eigenvalue weighted by Crippen LogP contribution is 2.13. The van der Waals surface area contributed by atoms with Crippen LogP contribution in [0.2, 0.25) is 0 Å². The number of amides is 2. The van der Waals surface area contributed by atoms with Crippen LogP contribution in [0.15, 0.2) is 31.8 Å². The molecule has 0 unspecified atom stereocenters. The van der Waals surface area contributed by atoms with Crippen molar-refractivity contribution < 1.29 is 18.5 Å². The molecule has 0 aliphatic rings. The predicted molar refractivity (Wildman–Crippen MR) is 68.1 cm³/mol. The van der Waals surface area contributed by atoms with Crippen LogP contribution in [0.5, 0.6) is 0 Å². The Kier molecular flexibility index (Phi) is 4.00. The van der Waals surface area contributed by atoms with E-state index in [4.69, 9.17) is 8.94 Å². The van der Waals surface area contributed by atoms with Gasteiger partial charge >= 0.3 is 11.8 Å². The molecule has 0 fully saturated rings. The third kappa shape index (κ3) is 3.68. The zero-order valence-electron chi connectivity index (χ0n) is 9.90. The van der Waals surface area contributed by atoms with E-state index < -0.39 is 11.8 Å². The van der Waals surface area contributed by atoms with Gasteiger partial charge < -0.3 is 14.3 Å². The maximum Gasteiger partial charge on any atom is 0.314 e. The highest BCUT2D eigenvalue weighted by Gasteiger charge is 2.15. The van der Waals surface area contributed by atoms with Gasteiger partial charge in [0.2, 0.25) is 0 Å². The van der Waals surface area contributed by atoms with Gasteiger partial charge in [0, 0.05) is 6.07 Å². The smallest absolute Gasteiger partial charge is 0.314 e. The fourth-order valence-corrected chi connectivity index (χ4v) is 1.63. The number of rotatable bonds is 3. The predicted octanol–water partition coefficient (Wildman–Crippen LogP) is 1.59. The number of carbonyl (C=O) groups is 2. The number of nitrogens with zero attached hydrogens (tertiary/aromatic N) is 1. The summed E-state index contributed by atoms with van der Waals surface area (Å²) in [5, 5.41) is 8.27. The van der Waals surface area contributed by atoms with Crippen molar-refractivity contribution in [3.8, 4) is 0 Å². The average molecular weight is 328 g/mol. The molecule has 0 aliphatic carbocycles. The van der Waals surface area contributed by atoms with Crippen molar-refractivity contribution in [1.29, 1.82) is 0 Å². The first kappa shape index (κ1) is 13.3. The van der Waals surface area contributed by atoms with Gasteiger partial charge in [-0.05, 0) is 35.0 Å². The average Bonchev–Trinajstić information content (AvgIpc) is 2.95. The van der Waals surface area contributed by atoms with Crippen molar-refractivity contribution in [3.05, 3.63) is 34.4 Å². The third-order valence-electron chi connectivity index (χ3n) is 2.13. The number of hydrogen-bond donors (Lipinski definition) is 2. The van der Waals surface area contributed by atoms with E-state index in [1.165, 1.54) is 6.07 Å². The first-order valence-electron chi connectivity index (χ1n) is 5.31. The number of nitrogens with one attached hydrogen (secondary N) is 2. The Morgan fingerprint density at radius 3 is 2.74 bits per heavy atom. The van der Waals surface area contributed by atoms with Crippen LogP contribution in [0.4, 0.5) is 5.82 Å². The van der Waals surface area contributed by atoms with Crippen molar-refractivity contribution >= 4 is 33.6 Å². The molecule has 0 atom stereocenters. The summed E-state index contributed by atoms with van der Waals surface area (Å²) < 4.78 is 10.5. The van der Waals surface area contributed by atoms with E-state index in [1.807, 2.05) is 0 Å². The SMILES string of the molecule is Cc1cc(NC(=O)C(=O)NCc2ccc(Br)o2)no1. The number of aryl methyl sites for hydroxylation is 1. The Bertz CT molecular complexity index is 605. The van der Waals surface area contributed by atoms with Gasteiger partial charge in [0.15, 0.2) is 10.5 Å². The van der Waals surface area contributed by atoms with Crippen molar-refractivity contribution in [3.63, 3.8) is 0 Å². The zero-order valence-corrected chi connectivity index (χ0v) is 11.5. The molecule has 2 heterocycles. The third-order valence-corrected chi connectivity index (χ3v) is 2.55. The van der Waals surface area contributed by atoms with Crippen molar-refractivity contribution in [2.24, 2.45) is 0 Å². The molecule has 0 radical (unpaired) electrons. The highest BCUT2D eigenvalue weighted by atomic mass is 79.9. The van der Waals surface area contributed by atoms with E-state index in [-0.39, 0.29) is 12.4 Å². The minimum atomic E-state index is -0.820. The Balaban J connectivity index is 1.84. The molecule has 0 aromatic carbocycles. The Morgan fingerprint density at radius 2 is 2.16 bits per heavy atom. The molecule has 2 amide bonds. The summed E-state index contributed by atoms with van der Waals surface area (Å²) >= 11 is 3.14. The molecule has 8 heteroatoms. The van der Waals surface area contributed by atoms with Gasteiger partial charge in [0.05, 0.1) is 6.54 Å². The Hall–Kier alpha value is -2.09. The summed E-state index contributed by atoms with van der Waals surface area (Å²) in [4.78, 5) is 23.0. The van der Waals surface area contributed by atoms with Gasteiger partial charge in [-0.15, -0.1) is 0 Å². The molecule has 0 saturated carbocycles. The molecule has 0 bridgehead atoms. The number of halogens is 1. The summed E-state index contributed by atoms with van der Waals surface area (Å²) in [5.41, 5.74) is 0. The van der Waals surface area contributed by atoms with Crippen LogP contribution in [-0.4, -0.2) is 17.0 Å². The van der Waals surface area contributed by atoms with E-state index in [9.17, 15) is 9.59 Å². The van der Waals surface area contributed by atoms with E-state index in [2.05, 4.69) is 31.7 Å². The second-order valence-electron chi connectivity index (χ2n) is 3.67. The summed E-state index contributed by atoms with van der Waals surface area (Å²) in [5.74, 6) is -0.341. The second kappa shape index (κ2) is 5.70. The van der Waals surface area contributed by atoms with Crippen molar-refractivity contribution in [2.45, 2.75) is 13.5 Å². The lowest BCUT2D eigenvalue weighted by atomic mass is 10.4. The van der Waals surface area contributed by atoms with Crippen LogP contribution in [0.3, 0.4) is 0 Å². The number of anilines is 1. The number of furan rings is 1. The molecule has 7 nitrogen and oxygen atoms in total. The molecule has 19 heavy (non-hydrogen) atoms. The maximum atomic E-state index is 11.5. The van der Waals surface area contributed by atoms with Gasteiger partial charge in [-0.3, -0.25) is 14.9 Å². The lowest BCUT2D eigenvalue weighted by molar-refractivity contribution is -0.136. The Labute approximate surface area is 116 Å². The summed E-state index contributed by atoms with van der Waals surface area (Å²) in [6.45, 7) is 1.80. The van der Waals surface area contributed by atoms with E-state index in [1.54, 1.807) is 19.1 Å². The van der Waals surface area contributed by atoms with Crippen LogP contribution in [0.1, 0.15) is 11.5 Å². The molecule has 100 valence electrons. The minimum absolute atomic E-state index is 0.121. The quantitative estimate of drug-likeness (QED) is 0.834. The largest absolute Gasteiger partial charge is 0.452 e. The van der Waals surface area contributed by atoms with Crippen LogP contribution in [0.25, 0.3) is 0 Å². The molecule has 2 aromatic rings. The van der Waals surface area contributed by atoms with Crippen LogP contribution in [-0.2, 0) is 16.1 Å². The topological polar surface area (TPSA) is 97.4 Å². The van der Waals surface area contributed by atoms with Gasteiger partial charge in [-0.1, -0.05) is 5.16 Å². The fourth-order valence-electron chi connectivity index (χ4n) is 1.29. The minimum Gasteiger partial charge on any atom is -0.452 e. The van der Waals surface area contributed by atoms with E-state index in [0.717, 1.165) is 0 Å². The molecule has 0 spiro atoms. The van der Waals surface area contributed by atoms with Gasteiger partial charge in [0.25, 0.3) is 0 Å². The molecular formula is C11H10BrN3O4. The molecular weight excluding hydrogens is 318 g/mol. The molecule has 0 saturated heterocycles. The molecule has 2 aromatic heterocycles. The zero-order chi connectivity index (χ0) is 13.8. The van der Waals surface area contributed by atoms with Crippen molar-refractivity contribution in [1.82, 2.24) is 10.5 Å². The number of aromatic nitrogens is 1. The fraction of sp³-hybridized carbons (Fsp3) is 0.182. The van der Waals surface area contributed by atoms with Gasteiger partial charge in [0.1, 0.15) is 11.5 Å². The van der Waals surface area contributed by atoms with E-state index in [0.29, 0.717) is 16.2 Å². The Morgan fingerprint density at radius 1 is 1.37 bits per heavy atom. The summed E-state index contributed by atoms with van der Waals surface area (Å²) in [6.07, 6.45) is 0. The van der Waals surface area contributed by atoms with E-state index >= 15 is 0 Å². The lowest BCUT2D eigenvalue weighted by Gasteiger charge is -2.02. The standard InChI is InChI=1S/C11H10BrN3O4/c1-6-4-9(15-19-6)14-11(17)10(16)13-5-7-2-3-8(12)18-7/h2-4H,5H2,1H3,(H,13,16)(H,14,15,17). The van der Waals surface area contributed by atoms with Gasteiger partial charge in [-0.25, -0.2) is 0 Å². The van der Waals surface area contributed by atoms with Crippen molar-refractivity contribution in [2.75, 3.05) is 5.32 Å². The first-order chi connectivity index (χ1) is 9.04. The number of hydrogen-bond acceptors (Lipinski definition) is 5. The summed E-state index contributed by atoms with van der Waals surface area (Å²) in [7, 11) is 0. The summed E-state index contributed by atoms with van der Waals surface area (Å²) in [6, 6.07) is 4.89. The second-order valence-corrected chi connectivity index (χ2v) is 4.45. The lowest BCUT2D eigenvalue weighted by Crippen LogP contribution is -2.34. The van der Waals surface area contributed by atoms with Gasteiger partial charge in [-0.2, -0.15) is 0 Å². The molecule has 2 N–H and O–H groups in total. The highest BCUT2D eigenvalue weighted by molar-refractivity contribution is 9.10. The van der Waals surface area contributed by atoms with Crippen LogP contribution < -0.4 is 10.6 Å².